The molecule has 2 amide bonds. The fraction of sp³-hybridized carbons (Fsp3) is 0.560. The summed E-state index contributed by atoms with van der Waals surface area (Å²) in [4.78, 5) is 45.0. The summed E-state index contributed by atoms with van der Waals surface area (Å²) >= 11 is 6.06. The van der Waals surface area contributed by atoms with E-state index in [4.69, 9.17) is 16.3 Å². The van der Waals surface area contributed by atoms with Gasteiger partial charge in [0.05, 0.1) is 12.5 Å². The van der Waals surface area contributed by atoms with Gasteiger partial charge in [-0.05, 0) is 62.8 Å². The van der Waals surface area contributed by atoms with Crippen molar-refractivity contribution in [2.24, 2.45) is 17.8 Å². The van der Waals surface area contributed by atoms with E-state index in [1.807, 2.05) is 41.8 Å². The number of esters is 1. The van der Waals surface area contributed by atoms with Gasteiger partial charge in [0.25, 0.3) is 5.91 Å². The molecule has 2 saturated heterocycles. The Labute approximate surface area is 199 Å². The third-order valence-corrected chi connectivity index (χ3v) is 7.40. The number of halogens is 1. The van der Waals surface area contributed by atoms with Gasteiger partial charge in [-0.1, -0.05) is 18.5 Å². The standard InChI is InChI=1S/C25H32ClN3O4/c1-3-33-25(32)18-8-12-28(13-9-18)23(30)16(2)17-6-10-29(11-7-17)24(31)22-15-19-14-20(26)4-5-21(19)27-22/h4-5,14-18,27H,3,6-13H2,1-2H3. The molecule has 0 radical (unpaired) electrons. The number of hydrogen-bond donors (Lipinski definition) is 1. The first kappa shape index (κ1) is 23.6. The molecule has 1 atom stereocenters. The number of hydrogen-bond acceptors (Lipinski definition) is 4. The van der Waals surface area contributed by atoms with E-state index >= 15 is 0 Å². The molecule has 0 bridgehead atoms. The number of ether oxygens (including phenoxy) is 1. The molecule has 2 aliphatic rings. The van der Waals surface area contributed by atoms with Crippen LogP contribution in [0.4, 0.5) is 0 Å². The minimum Gasteiger partial charge on any atom is -0.466 e. The van der Waals surface area contributed by atoms with Crippen molar-refractivity contribution in [2.45, 2.75) is 39.5 Å². The molecule has 8 heteroatoms. The summed E-state index contributed by atoms with van der Waals surface area (Å²) in [5, 5.41) is 1.57. The molecule has 2 aliphatic heterocycles. The van der Waals surface area contributed by atoms with Crippen LogP contribution in [0.15, 0.2) is 24.3 Å². The number of carbonyl (C=O) groups excluding carboxylic acids is 3. The molecule has 1 aromatic heterocycles. The highest BCUT2D eigenvalue weighted by molar-refractivity contribution is 6.31. The van der Waals surface area contributed by atoms with Crippen LogP contribution in [0.3, 0.4) is 0 Å². The lowest BCUT2D eigenvalue weighted by atomic mass is 9.84. The van der Waals surface area contributed by atoms with Crippen molar-refractivity contribution in [2.75, 3.05) is 32.8 Å². The van der Waals surface area contributed by atoms with E-state index in [9.17, 15) is 14.4 Å². The number of piperidine rings is 2. The summed E-state index contributed by atoms with van der Waals surface area (Å²) < 4.78 is 5.12. The zero-order valence-corrected chi connectivity index (χ0v) is 20.1. The smallest absolute Gasteiger partial charge is 0.309 e. The number of aromatic amines is 1. The molecule has 3 heterocycles. The maximum atomic E-state index is 13.1. The van der Waals surface area contributed by atoms with Gasteiger partial charge in [0.15, 0.2) is 0 Å². The summed E-state index contributed by atoms with van der Waals surface area (Å²) in [5.74, 6) is 0.0739. The van der Waals surface area contributed by atoms with Gasteiger partial charge >= 0.3 is 5.97 Å². The Bertz CT molecular complexity index is 1020. The molecule has 4 rings (SSSR count). The summed E-state index contributed by atoms with van der Waals surface area (Å²) in [6.07, 6.45) is 2.95. The largest absolute Gasteiger partial charge is 0.466 e. The van der Waals surface area contributed by atoms with Gasteiger partial charge in [-0.3, -0.25) is 14.4 Å². The number of rotatable bonds is 5. The maximum absolute atomic E-state index is 13.1. The maximum Gasteiger partial charge on any atom is 0.309 e. The normalized spacial score (nSPS) is 19.0. The van der Waals surface area contributed by atoms with E-state index < -0.39 is 0 Å². The van der Waals surface area contributed by atoms with Crippen LogP contribution in [0.2, 0.25) is 5.02 Å². The highest BCUT2D eigenvalue weighted by Gasteiger charge is 2.35. The topological polar surface area (TPSA) is 82.7 Å². The lowest BCUT2D eigenvalue weighted by molar-refractivity contribution is -0.152. The molecule has 0 spiro atoms. The number of nitrogens with zero attached hydrogens (tertiary/aromatic N) is 2. The Morgan fingerprint density at radius 3 is 2.39 bits per heavy atom. The summed E-state index contributed by atoms with van der Waals surface area (Å²) in [6.45, 7) is 6.70. The predicted molar refractivity (Wildman–Crippen MR) is 127 cm³/mol. The number of aromatic nitrogens is 1. The monoisotopic (exact) mass is 473 g/mol. The second-order valence-electron chi connectivity index (χ2n) is 9.18. The molecule has 178 valence electrons. The molecule has 1 unspecified atom stereocenters. The number of benzene rings is 1. The van der Waals surface area contributed by atoms with E-state index in [0.29, 0.717) is 56.3 Å². The molecule has 33 heavy (non-hydrogen) atoms. The van der Waals surface area contributed by atoms with Crippen LogP contribution in [0.1, 0.15) is 50.0 Å². The zero-order valence-electron chi connectivity index (χ0n) is 19.3. The van der Waals surface area contributed by atoms with Crippen LogP contribution in [0.5, 0.6) is 0 Å². The second-order valence-corrected chi connectivity index (χ2v) is 9.62. The Morgan fingerprint density at radius 1 is 1.06 bits per heavy atom. The van der Waals surface area contributed by atoms with Crippen molar-refractivity contribution in [3.8, 4) is 0 Å². The number of carbonyl (C=O) groups is 3. The number of likely N-dealkylation sites (tertiary alicyclic amines) is 2. The third kappa shape index (κ3) is 5.18. The Kier molecular flexibility index (Phi) is 7.27. The fourth-order valence-electron chi connectivity index (χ4n) is 5.08. The van der Waals surface area contributed by atoms with Crippen molar-refractivity contribution in [1.82, 2.24) is 14.8 Å². The van der Waals surface area contributed by atoms with Gasteiger partial charge in [-0.25, -0.2) is 0 Å². The molecule has 0 aliphatic carbocycles. The average molecular weight is 474 g/mol. The molecule has 2 aromatic rings. The summed E-state index contributed by atoms with van der Waals surface area (Å²) in [5.41, 5.74) is 1.46. The lowest BCUT2D eigenvalue weighted by Gasteiger charge is -2.37. The van der Waals surface area contributed by atoms with Crippen molar-refractivity contribution >= 4 is 40.3 Å². The number of amides is 2. The number of nitrogens with one attached hydrogen (secondary N) is 1. The Hall–Kier alpha value is -2.54. The fourth-order valence-corrected chi connectivity index (χ4v) is 5.26. The predicted octanol–water partition coefficient (Wildman–Crippen LogP) is 4.11. The van der Waals surface area contributed by atoms with Gasteiger partial charge < -0.3 is 19.5 Å². The van der Waals surface area contributed by atoms with E-state index in [-0.39, 0.29) is 35.5 Å². The van der Waals surface area contributed by atoms with Crippen LogP contribution in [-0.2, 0) is 14.3 Å². The minimum atomic E-state index is -0.146. The summed E-state index contributed by atoms with van der Waals surface area (Å²) in [7, 11) is 0. The zero-order chi connectivity index (χ0) is 23.5. The van der Waals surface area contributed by atoms with Crippen molar-refractivity contribution in [1.29, 1.82) is 0 Å². The van der Waals surface area contributed by atoms with Gasteiger partial charge in [-0.2, -0.15) is 0 Å². The first-order chi connectivity index (χ1) is 15.9. The molecule has 1 N–H and O–H groups in total. The number of fused-ring (bicyclic) bond motifs is 1. The molecule has 1 aromatic carbocycles. The van der Waals surface area contributed by atoms with E-state index in [0.717, 1.165) is 23.7 Å². The SMILES string of the molecule is CCOC(=O)C1CCN(C(=O)C(C)C2CCN(C(=O)c3cc4cc(Cl)ccc4[nH]3)CC2)CC1. The number of H-pyrrole nitrogens is 1. The molecular weight excluding hydrogens is 442 g/mol. The van der Waals surface area contributed by atoms with Gasteiger partial charge in [0.2, 0.25) is 5.91 Å². The van der Waals surface area contributed by atoms with Gasteiger partial charge in [0, 0.05) is 48.0 Å². The Morgan fingerprint density at radius 2 is 1.73 bits per heavy atom. The van der Waals surface area contributed by atoms with Crippen LogP contribution in [0, 0.1) is 17.8 Å². The van der Waals surface area contributed by atoms with Crippen LogP contribution in [-0.4, -0.2) is 65.4 Å². The van der Waals surface area contributed by atoms with E-state index in [1.165, 1.54) is 0 Å². The Balaban J connectivity index is 1.28. The van der Waals surface area contributed by atoms with Gasteiger partial charge in [-0.15, -0.1) is 0 Å². The van der Waals surface area contributed by atoms with E-state index in [2.05, 4.69) is 4.98 Å². The first-order valence-electron chi connectivity index (χ1n) is 11.9. The van der Waals surface area contributed by atoms with Crippen molar-refractivity contribution < 1.29 is 19.1 Å². The van der Waals surface area contributed by atoms with Gasteiger partial charge in [0.1, 0.15) is 5.69 Å². The highest BCUT2D eigenvalue weighted by atomic mass is 35.5. The highest BCUT2D eigenvalue weighted by Crippen LogP contribution is 2.29. The summed E-state index contributed by atoms with van der Waals surface area (Å²) in [6, 6.07) is 7.38. The molecule has 0 saturated carbocycles. The first-order valence-corrected chi connectivity index (χ1v) is 12.3. The molecule has 7 nitrogen and oxygen atoms in total. The average Bonchev–Trinajstić information content (AvgIpc) is 3.26. The van der Waals surface area contributed by atoms with Crippen LogP contribution >= 0.6 is 11.6 Å². The second kappa shape index (κ2) is 10.2. The van der Waals surface area contributed by atoms with Crippen molar-refractivity contribution in [3.05, 3.63) is 35.0 Å². The van der Waals surface area contributed by atoms with Crippen LogP contribution in [0.25, 0.3) is 10.9 Å². The van der Waals surface area contributed by atoms with Crippen LogP contribution < -0.4 is 0 Å². The van der Waals surface area contributed by atoms with E-state index in [1.54, 1.807) is 6.07 Å². The molecular formula is C25H32ClN3O4. The quantitative estimate of drug-likeness (QED) is 0.662. The minimum absolute atomic E-state index is 0.0132. The molecule has 2 fully saturated rings. The van der Waals surface area contributed by atoms with Crippen molar-refractivity contribution in [3.63, 3.8) is 0 Å². The lowest BCUT2D eigenvalue weighted by Crippen LogP contribution is -2.46. The third-order valence-electron chi connectivity index (χ3n) is 7.16.